The van der Waals surface area contributed by atoms with Crippen molar-refractivity contribution in [3.63, 3.8) is 0 Å². The van der Waals surface area contributed by atoms with E-state index in [-0.39, 0.29) is 50.0 Å². The first kappa shape index (κ1) is 62.4. The standard InChI is InChI=1S/C38H60N2O5.C14H14ClNO2.C5H9NO3/c1-3-5-6-7-8-9-10-11-12-13-14-15-16-17-18-19-20-26-36(41)39-30-23-27-37(42)44-32-45-38(43)40(31-4-2)35-29-28-33-24-21-22-25-34(33)35;1-2-9-16(14(17)18-10-15)13-8-7-11-5-3-4-6-12(11)13;7-4-6-3-1-2-5(8)9/h2,21-22,24-25,35H,3,5-20,23,26-32H2,1H3,(H,39,41);1,3-6,13H,7-10H2;4H,1-3H2,(H,6,7)(H,8,9)/t35-;13-;/m11./s1. The van der Waals surface area contributed by atoms with Gasteiger partial charge in [-0.15, -0.1) is 12.8 Å². The Hall–Kier alpha value is -5.73. The van der Waals surface area contributed by atoms with Crippen molar-refractivity contribution in [2.24, 2.45) is 0 Å². The molecule has 2 aromatic carbocycles. The number of aryl methyl sites for hydroxylation is 2. The smallest absolute Gasteiger partial charge is 0.413 e. The average molecular weight is 1020 g/mol. The first-order chi connectivity index (χ1) is 35.1. The van der Waals surface area contributed by atoms with Crippen molar-refractivity contribution in [3.05, 3.63) is 70.8 Å². The lowest BCUT2D eigenvalue weighted by atomic mass is 10.0. The minimum Gasteiger partial charge on any atom is -0.481 e. The van der Waals surface area contributed by atoms with Gasteiger partial charge in [0, 0.05) is 32.4 Å². The summed E-state index contributed by atoms with van der Waals surface area (Å²) in [4.78, 5) is 71.2. The van der Waals surface area contributed by atoms with Crippen LogP contribution in [0.2, 0.25) is 0 Å². The molecule has 0 unspecified atom stereocenters. The van der Waals surface area contributed by atoms with Crippen LogP contribution >= 0.6 is 11.6 Å². The Morgan fingerprint density at radius 2 is 1.10 bits per heavy atom. The van der Waals surface area contributed by atoms with Crippen molar-refractivity contribution in [1.29, 1.82) is 0 Å². The molecule has 15 heteroatoms. The van der Waals surface area contributed by atoms with E-state index in [4.69, 9.17) is 43.8 Å². The molecule has 2 atom stereocenters. The van der Waals surface area contributed by atoms with Gasteiger partial charge in [-0.25, -0.2) is 9.59 Å². The van der Waals surface area contributed by atoms with Gasteiger partial charge in [0.05, 0.1) is 25.2 Å². The van der Waals surface area contributed by atoms with Crippen LogP contribution in [0.1, 0.15) is 195 Å². The number of hydrogen-bond acceptors (Lipinski definition) is 9. The first-order valence-corrected chi connectivity index (χ1v) is 26.9. The number of nitrogens with one attached hydrogen (secondary N) is 2. The summed E-state index contributed by atoms with van der Waals surface area (Å²) in [6.07, 6.45) is 38.0. The predicted molar refractivity (Wildman–Crippen MR) is 283 cm³/mol. The van der Waals surface area contributed by atoms with Crippen LogP contribution in [0.4, 0.5) is 9.59 Å². The molecule has 0 bridgehead atoms. The Balaban J connectivity index is 0.000000531. The zero-order valence-electron chi connectivity index (χ0n) is 43.0. The number of halogens is 1. The molecule has 0 aromatic heterocycles. The number of carbonyl (C=O) groups excluding carboxylic acids is 5. The van der Waals surface area contributed by atoms with Crippen molar-refractivity contribution >= 4 is 48.0 Å². The largest absolute Gasteiger partial charge is 0.481 e. The molecular weight excluding hydrogens is 936 g/mol. The zero-order valence-corrected chi connectivity index (χ0v) is 43.8. The summed E-state index contributed by atoms with van der Waals surface area (Å²) in [7, 11) is 0. The SMILES string of the molecule is C#CCN(C(=O)OCCl)[C@@H]1CCc2ccccc21.C#CCN(C(=O)OCOC(=O)CCCNC(=O)CCCCCCCCCCCCCCCCCCC)[C@@H]1CCc2ccccc21.O=CNCCCC(=O)O. The number of aliphatic carboxylic acids is 1. The molecule has 4 rings (SSSR count). The lowest BCUT2D eigenvalue weighted by Gasteiger charge is -2.27. The van der Waals surface area contributed by atoms with Gasteiger partial charge in [-0.05, 0) is 67.2 Å². The highest BCUT2D eigenvalue weighted by Crippen LogP contribution is 2.37. The van der Waals surface area contributed by atoms with Crippen LogP contribution in [-0.2, 0) is 46.2 Å². The fourth-order valence-corrected chi connectivity index (χ4v) is 9.00. The lowest BCUT2D eigenvalue weighted by molar-refractivity contribution is -0.152. The van der Waals surface area contributed by atoms with Crippen molar-refractivity contribution in [2.75, 3.05) is 39.0 Å². The van der Waals surface area contributed by atoms with E-state index in [1.807, 2.05) is 36.4 Å². The second-order valence-corrected chi connectivity index (χ2v) is 18.4. The molecule has 3 N–H and O–H groups in total. The second-order valence-electron chi connectivity index (χ2n) is 18.2. The van der Waals surface area contributed by atoms with Crippen LogP contribution < -0.4 is 10.6 Å². The van der Waals surface area contributed by atoms with Crippen LogP contribution in [0.15, 0.2) is 48.5 Å². The number of benzene rings is 2. The molecule has 72 heavy (non-hydrogen) atoms. The molecule has 14 nitrogen and oxygen atoms in total. The Kier molecular flexibility index (Phi) is 35.4. The summed E-state index contributed by atoms with van der Waals surface area (Å²) in [6.45, 7) is 3.02. The van der Waals surface area contributed by atoms with E-state index >= 15 is 0 Å². The van der Waals surface area contributed by atoms with Crippen LogP contribution in [-0.4, -0.2) is 90.4 Å². The fourth-order valence-electron chi connectivity index (χ4n) is 8.91. The van der Waals surface area contributed by atoms with Gasteiger partial charge >= 0.3 is 24.1 Å². The number of carboxylic acids is 1. The van der Waals surface area contributed by atoms with E-state index in [1.165, 1.54) is 112 Å². The number of hydrogen-bond donors (Lipinski definition) is 3. The van der Waals surface area contributed by atoms with Gasteiger partial charge < -0.3 is 30.0 Å². The van der Waals surface area contributed by atoms with Gasteiger partial charge in [-0.3, -0.25) is 29.0 Å². The van der Waals surface area contributed by atoms with Gasteiger partial charge in [0.2, 0.25) is 19.1 Å². The number of terminal acetylenes is 2. The number of rotatable bonds is 34. The summed E-state index contributed by atoms with van der Waals surface area (Å²) in [5.41, 5.74) is 4.70. The summed E-state index contributed by atoms with van der Waals surface area (Å²) < 4.78 is 15.1. The Bertz CT molecular complexity index is 1950. The van der Waals surface area contributed by atoms with E-state index in [0.717, 1.165) is 49.7 Å². The number of unbranched alkanes of at least 4 members (excludes halogenated alkanes) is 16. The van der Waals surface area contributed by atoms with E-state index in [1.54, 1.807) is 4.90 Å². The number of alkyl halides is 1. The van der Waals surface area contributed by atoms with Crippen molar-refractivity contribution in [3.8, 4) is 24.7 Å². The van der Waals surface area contributed by atoms with E-state index in [0.29, 0.717) is 38.8 Å². The summed E-state index contributed by atoms with van der Waals surface area (Å²) in [5.74, 6) is 3.74. The quantitative estimate of drug-likeness (QED) is 0.0152. The Morgan fingerprint density at radius 1 is 0.639 bits per heavy atom. The highest BCUT2D eigenvalue weighted by Gasteiger charge is 2.32. The predicted octanol–water partition coefficient (Wildman–Crippen LogP) is 11.7. The number of nitrogens with zero attached hydrogens (tertiary/aromatic N) is 2. The lowest BCUT2D eigenvalue weighted by Crippen LogP contribution is -2.35. The van der Waals surface area contributed by atoms with Gasteiger partial charge in [0.1, 0.15) is 0 Å². The third-order valence-electron chi connectivity index (χ3n) is 12.7. The second kappa shape index (κ2) is 40.8. The number of carboxylic acid groups (broad SMARTS) is 1. The maximum Gasteiger partial charge on any atom is 0.413 e. The first-order valence-electron chi connectivity index (χ1n) is 26.4. The zero-order chi connectivity index (χ0) is 52.4. The molecule has 2 aromatic rings. The van der Waals surface area contributed by atoms with E-state index in [2.05, 4.69) is 41.5 Å². The van der Waals surface area contributed by atoms with Crippen LogP contribution in [0.5, 0.6) is 0 Å². The number of amides is 4. The number of esters is 1. The molecule has 0 radical (unpaired) electrons. The number of carbonyl (C=O) groups is 6. The minimum absolute atomic E-state index is 0.00651. The molecular formula is C57H83ClN4O10. The molecule has 2 aliphatic rings. The third kappa shape index (κ3) is 27.2. The third-order valence-corrected chi connectivity index (χ3v) is 12.8. The number of ether oxygens (including phenoxy) is 3. The molecule has 2 aliphatic carbocycles. The summed E-state index contributed by atoms with van der Waals surface area (Å²) >= 11 is 5.43. The highest BCUT2D eigenvalue weighted by atomic mass is 35.5. The van der Waals surface area contributed by atoms with Crippen LogP contribution in [0, 0.1) is 24.7 Å². The highest BCUT2D eigenvalue weighted by molar-refractivity contribution is 6.17. The molecule has 0 saturated heterocycles. The Morgan fingerprint density at radius 3 is 1.56 bits per heavy atom. The Labute approximate surface area is 435 Å². The molecule has 0 heterocycles. The molecule has 4 amide bonds. The van der Waals surface area contributed by atoms with Crippen molar-refractivity contribution in [1.82, 2.24) is 20.4 Å². The summed E-state index contributed by atoms with van der Waals surface area (Å²) in [6, 6.07) is 15.8. The van der Waals surface area contributed by atoms with Gasteiger partial charge in [0.15, 0.2) is 6.07 Å². The minimum atomic E-state index is -0.831. The van der Waals surface area contributed by atoms with Gasteiger partial charge in [-0.1, -0.05) is 182 Å². The topological polar surface area (TPSA) is 181 Å². The molecule has 0 aliphatic heterocycles. The fraction of sp³-hybridized carbons (Fsp3) is 0.614. The normalized spacial score (nSPS) is 13.7. The monoisotopic (exact) mass is 1020 g/mol. The molecule has 398 valence electrons. The molecule has 0 saturated carbocycles. The van der Waals surface area contributed by atoms with Crippen molar-refractivity contribution < 1.29 is 48.1 Å². The van der Waals surface area contributed by atoms with E-state index in [9.17, 15) is 28.8 Å². The summed E-state index contributed by atoms with van der Waals surface area (Å²) in [5, 5.41) is 13.3. The van der Waals surface area contributed by atoms with Crippen molar-refractivity contribution in [2.45, 2.75) is 186 Å². The maximum atomic E-state index is 12.7. The molecule has 0 fully saturated rings. The maximum absolute atomic E-state index is 12.7. The van der Waals surface area contributed by atoms with Gasteiger partial charge in [-0.2, -0.15) is 0 Å². The molecule has 0 spiro atoms. The average Bonchev–Trinajstić information content (AvgIpc) is 4.01. The van der Waals surface area contributed by atoms with Crippen LogP contribution in [0.3, 0.4) is 0 Å². The van der Waals surface area contributed by atoms with Gasteiger partial charge in [0.25, 0.3) is 0 Å². The number of fused-ring (bicyclic) bond motifs is 2. The van der Waals surface area contributed by atoms with E-state index < -0.39 is 30.9 Å². The van der Waals surface area contributed by atoms with Crippen LogP contribution in [0.25, 0.3) is 0 Å².